The van der Waals surface area contributed by atoms with E-state index in [0.29, 0.717) is 23.5 Å². The van der Waals surface area contributed by atoms with Gasteiger partial charge in [0.05, 0.1) is 18.1 Å². The van der Waals surface area contributed by atoms with Gasteiger partial charge in [0.15, 0.2) is 0 Å². The number of hydrogen-bond acceptors (Lipinski definition) is 5. The first kappa shape index (κ1) is 20.7. The third-order valence-corrected chi connectivity index (χ3v) is 5.23. The Labute approximate surface area is 181 Å². The quantitative estimate of drug-likeness (QED) is 0.619. The second-order valence-electron chi connectivity index (χ2n) is 7.50. The maximum Gasteiger partial charge on any atom is 0.275 e. The molecule has 0 unspecified atom stereocenters. The molecule has 31 heavy (non-hydrogen) atoms. The number of likely N-dealkylation sites (tertiary alicyclic amines) is 1. The van der Waals surface area contributed by atoms with E-state index in [1.807, 2.05) is 30.3 Å². The summed E-state index contributed by atoms with van der Waals surface area (Å²) < 4.78 is 0. The lowest BCUT2D eigenvalue weighted by molar-refractivity contribution is 0.0949. The average Bonchev–Trinajstić information content (AvgIpc) is 3.33. The number of amides is 2. The summed E-state index contributed by atoms with van der Waals surface area (Å²) in [7, 11) is 0. The Kier molecular flexibility index (Phi) is 6.64. The fourth-order valence-electron chi connectivity index (χ4n) is 3.59. The molecular formula is C24H25N5O2. The van der Waals surface area contributed by atoms with E-state index in [1.54, 1.807) is 30.5 Å². The van der Waals surface area contributed by atoms with Crippen LogP contribution in [0.2, 0.25) is 0 Å². The first-order chi connectivity index (χ1) is 15.2. The fraction of sp³-hybridized carbons (Fsp3) is 0.250. The molecule has 1 aliphatic rings. The monoisotopic (exact) mass is 415 g/mol. The van der Waals surface area contributed by atoms with E-state index >= 15 is 0 Å². The van der Waals surface area contributed by atoms with Gasteiger partial charge in [-0.1, -0.05) is 30.3 Å². The summed E-state index contributed by atoms with van der Waals surface area (Å²) in [6.45, 7) is 3.71. The molecule has 1 aromatic heterocycles. The van der Waals surface area contributed by atoms with Crippen LogP contribution in [0.4, 0.5) is 5.69 Å². The average molecular weight is 415 g/mol. The van der Waals surface area contributed by atoms with Crippen molar-refractivity contribution in [3.8, 4) is 11.3 Å². The van der Waals surface area contributed by atoms with Gasteiger partial charge >= 0.3 is 0 Å². The minimum atomic E-state index is -0.337. The number of aromatic nitrogens is 2. The van der Waals surface area contributed by atoms with Gasteiger partial charge in [-0.25, -0.2) is 4.98 Å². The van der Waals surface area contributed by atoms with Crippen LogP contribution in [0.15, 0.2) is 67.0 Å². The van der Waals surface area contributed by atoms with Gasteiger partial charge in [-0.15, -0.1) is 0 Å². The Hall–Kier alpha value is -3.58. The molecule has 0 atom stereocenters. The van der Waals surface area contributed by atoms with Crippen molar-refractivity contribution in [2.45, 2.75) is 12.8 Å². The zero-order chi connectivity index (χ0) is 21.5. The highest BCUT2D eigenvalue weighted by Gasteiger charge is 2.14. The van der Waals surface area contributed by atoms with Gasteiger partial charge in [-0.2, -0.15) is 0 Å². The Bertz CT molecular complexity index is 1050. The molecule has 0 saturated carbocycles. The second-order valence-corrected chi connectivity index (χ2v) is 7.50. The number of carbonyl (C=O) groups excluding carboxylic acids is 2. The summed E-state index contributed by atoms with van der Waals surface area (Å²) >= 11 is 0. The fourth-order valence-corrected chi connectivity index (χ4v) is 3.59. The minimum absolute atomic E-state index is 0.119. The third-order valence-electron chi connectivity index (χ3n) is 5.23. The molecule has 4 rings (SSSR count). The van der Waals surface area contributed by atoms with Crippen molar-refractivity contribution in [3.63, 3.8) is 0 Å². The van der Waals surface area contributed by atoms with Gasteiger partial charge in [-0.05, 0) is 50.2 Å². The standard InChI is InChI=1S/C24H25N5O2/c30-23(26-11-14-29-12-4-5-13-29)19-8-6-7-18(15-19)21-16-25-17-22(28-21)24(31)27-20-9-2-1-3-10-20/h1-3,6-10,15-17H,4-5,11-14H2,(H,26,30)(H,27,31). The Morgan fingerprint density at radius 3 is 2.55 bits per heavy atom. The molecular weight excluding hydrogens is 390 g/mol. The molecule has 158 valence electrons. The summed E-state index contributed by atoms with van der Waals surface area (Å²) in [5.41, 5.74) is 2.72. The highest BCUT2D eigenvalue weighted by molar-refractivity contribution is 6.03. The van der Waals surface area contributed by atoms with Gasteiger partial charge < -0.3 is 15.5 Å². The molecule has 2 N–H and O–H groups in total. The van der Waals surface area contributed by atoms with Crippen LogP contribution >= 0.6 is 0 Å². The van der Waals surface area contributed by atoms with Crippen molar-refractivity contribution < 1.29 is 9.59 Å². The maximum absolute atomic E-state index is 12.6. The molecule has 1 fully saturated rings. The summed E-state index contributed by atoms with van der Waals surface area (Å²) in [6.07, 6.45) is 5.49. The van der Waals surface area contributed by atoms with Crippen LogP contribution in [0.3, 0.4) is 0 Å². The van der Waals surface area contributed by atoms with Crippen molar-refractivity contribution in [2.24, 2.45) is 0 Å². The molecule has 2 amide bonds. The summed E-state index contributed by atoms with van der Waals surface area (Å²) in [4.78, 5) is 36.0. The summed E-state index contributed by atoms with van der Waals surface area (Å²) in [5.74, 6) is -0.455. The Morgan fingerprint density at radius 2 is 1.74 bits per heavy atom. The zero-order valence-corrected chi connectivity index (χ0v) is 17.3. The Morgan fingerprint density at radius 1 is 0.935 bits per heavy atom. The molecule has 0 aliphatic carbocycles. The molecule has 0 bridgehead atoms. The van der Waals surface area contributed by atoms with Gasteiger partial charge in [-0.3, -0.25) is 14.6 Å². The van der Waals surface area contributed by atoms with Crippen molar-refractivity contribution in [1.29, 1.82) is 0 Å². The van der Waals surface area contributed by atoms with Crippen LogP contribution in [0, 0.1) is 0 Å². The van der Waals surface area contributed by atoms with E-state index in [4.69, 9.17) is 0 Å². The predicted octanol–water partition coefficient (Wildman–Crippen LogP) is 3.22. The van der Waals surface area contributed by atoms with E-state index < -0.39 is 0 Å². The Balaban J connectivity index is 1.42. The number of nitrogens with zero attached hydrogens (tertiary/aromatic N) is 3. The number of para-hydroxylation sites is 1. The lowest BCUT2D eigenvalue weighted by Crippen LogP contribution is -2.33. The van der Waals surface area contributed by atoms with Crippen LogP contribution in [0.1, 0.15) is 33.7 Å². The molecule has 7 heteroatoms. The minimum Gasteiger partial charge on any atom is -0.351 e. The topological polar surface area (TPSA) is 87.2 Å². The van der Waals surface area contributed by atoms with Crippen molar-refractivity contribution >= 4 is 17.5 Å². The van der Waals surface area contributed by atoms with Crippen molar-refractivity contribution in [3.05, 3.63) is 78.2 Å². The molecule has 7 nitrogen and oxygen atoms in total. The molecule has 1 saturated heterocycles. The van der Waals surface area contributed by atoms with Crippen LogP contribution < -0.4 is 10.6 Å². The number of rotatable bonds is 7. The van der Waals surface area contributed by atoms with Crippen molar-refractivity contribution in [1.82, 2.24) is 20.2 Å². The van der Waals surface area contributed by atoms with E-state index in [0.717, 1.165) is 25.2 Å². The third kappa shape index (κ3) is 5.52. The van der Waals surface area contributed by atoms with Crippen LogP contribution in [-0.2, 0) is 0 Å². The predicted molar refractivity (Wildman–Crippen MR) is 120 cm³/mol. The lowest BCUT2D eigenvalue weighted by atomic mass is 10.1. The number of benzene rings is 2. The zero-order valence-electron chi connectivity index (χ0n) is 17.3. The lowest BCUT2D eigenvalue weighted by Gasteiger charge is -2.14. The summed E-state index contributed by atoms with van der Waals surface area (Å²) in [6, 6.07) is 16.4. The molecule has 2 aromatic carbocycles. The molecule has 3 aromatic rings. The smallest absolute Gasteiger partial charge is 0.275 e. The van der Waals surface area contributed by atoms with Gasteiger partial charge in [0.25, 0.3) is 11.8 Å². The second kappa shape index (κ2) is 9.95. The van der Waals surface area contributed by atoms with Gasteiger partial charge in [0, 0.05) is 29.9 Å². The van der Waals surface area contributed by atoms with Crippen LogP contribution in [0.25, 0.3) is 11.3 Å². The normalized spacial score (nSPS) is 13.7. The SMILES string of the molecule is O=C(NCCN1CCCC1)c1cccc(-c2cncc(C(=O)Nc3ccccc3)n2)c1. The highest BCUT2D eigenvalue weighted by atomic mass is 16.2. The van der Waals surface area contributed by atoms with Crippen LogP contribution in [-0.4, -0.2) is 52.9 Å². The molecule has 2 heterocycles. The van der Waals surface area contributed by atoms with E-state index in [2.05, 4.69) is 25.5 Å². The first-order valence-electron chi connectivity index (χ1n) is 10.5. The molecule has 0 radical (unpaired) electrons. The van der Waals surface area contributed by atoms with Crippen molar-refractivity contribution in [2.75, 3.05) is 31.5 Å². The van der Waals surface area contributed by atoms with Gasteiger partial charge in [0.1, 0.15) is 5.69 Å². The molecule has 0 spiro atoms. The number of hydrogen-bond donors (Lipinski definition) is 2. The first-order valence-corrected chi connectivity index (χ1v) is 10.5. The molecule has 1 aliphatic heterocycles. The van der Waals surface area contributed by atoms with E-state index in [-0.39, 0.29) is 17.5 Å². The summed E-state index contributed by atoms with van der Waals surface area (Å²) in [5, 5.41) is 5.78. The highest BCUT2D eigenvalue weighted by Crippen LogP contribution is 2.18. The van der Waals surface area contributed by atoms with Crippen LogP contribution in [0.5, 0.6) is 0 Å². The maximum atomic E-state index is 12.6. The van der Waals surface area contributed by atoms with E-state index in [9.17, 15) is 9.59 Å². The van der Waals surface area contributed by atoms with E-state index in [1.165, 1.54) is 19.0 Å². The largest absolute Gasteiger partial charge is 0.351 e. The van der Waals surface area contributed by atoms with Gasteiger partial charge in [0.2, 0.25) is 0 Å². The number of nitrogens with one attached hydrogen (secondary N) is 2. The number of anilines is 1. The number of carbonyl (C=O) groups is 2.